The Morgan fingerprint density at radius 3 is 0.947 bits per heavy atom. The fraction of sp³-hybridized carbons (Fsp3) is 0.219. The van der Waals surface area contributed by atoms with Gasteiger partial charge in [-0.3, -0.25) is 86.7 Å². The molecule has 0 saturated heterocycles. The van der Waals surface area contributed by atoms with Crippen LogP contribution in [0.4, 0.5) is 76.9 Å². The molecule has 0 spiro atoms. The van der Waals surface area contributed by atoms with Gasteiger partial charge in [0.05, 0.1) is 113 Å². The van der Waals surface area contributed by atoms with Crippen molar-refractivity contribution in [3.63, 3.8) is 0 Å². The highest BCUT2D eigenvalue weighted by molar-refractivity contribution is 7.19. The fourth-order valence-corrected chi connectivity index (χ4v) is 20.7. The van der Waals surface area contributed by atoms with Crippen LogP contribution in [-0.4, -0.2) is 196 Å². The van der Waals surface area contributed by atoms with E-state index in [2.05, 4.69) is 56.4 Å². The maximum atomic E-state index is 12.8. The van der Waals surface area contributed by atoms with Gasteiger partial charge in [0.25, 0.3) is 47.3 Å². The number of methoxy groups -OCH3 is 1. The van der Waals surface area contributed by atoms with Gasteiger partial charge in [0.2, 0.25) is 11.8 Å². The maximum absolute atomic E-state index is 12.8. The first kappa shape index (κ1) is 111. The second-order valence-electron chi connectivity index (χ2n) is 33.0. The third-order valence-corrected chi connectivity index (χ3v) is 29.9. The van der Waals surface area contributed by atoms with Crippen molar-refractivity contribution >= 4 is 253 Å². The van der Waals surface area contributed by atoms with Crippen LogP contribution in [0.3, 0.4) is 0 Å². The van der Waals surface area contributed by atoms with Crippen molar-refractivity contribution < 1.29 is 71.9 Å². The number of azo groups is 4. The molecule has 16 rings (SSSR count). The molecule has 10 amide bonds. The third kappa shape index (κ3) is 24.4. The molecular formula is C105H88Cl4N22O15S4. The lowest BCUT2D eigenvalue weighted by Gasteiger charge is -2.32. The molecule has 150 heavy (non-hydrogen) atoms. The molecule has 8 aromatic carbocycles. The van der Waals surface area contributed by atoms with Crippen LogP contribution in [-0.2, 0) is 14.3 Å². The SMILES string of the molecule is CCC(=O)Nc1cc(N(CC)CCN2C(=O)c3ccccc3C2=O)ccc1N=Nc1sc(C=O)c(Cl)c1C#N.CCN(CCN1C(=O)c2ccccc2C1=O)c1ccc(N=Nc2sc(C=O)c(Cl)c2C#N)c(NC(C)=O)c1.CCN(c1ccc(N=Nc2sc(C=O)c(Cl)c2C#N)c(C)c1)C(C)CN1C(=O)c2ccccc2C1=O.COCCN(CCN1C(=O)c2ccccc2C1=O)c1ccc(N=Nc2sc(C=O)c(Cl)c2C#N)c(C)c1. The topological polar surface area (TPSA) is 492 Å². The highest BCUT2D eigenvalue weighted by atomic mass is 35.5. The van der Waals surface area contributed by atoms with Crippen LogP contribution in [0.25, 0.3) is 0 Å². The summed E-state index contributed by atoms with van der Waals surface area (Å²) in [5, 5.41) is 77.5. The van der Waals surface area contributed by atoms with Crippen LogP contribution in [0.5, 0.6) is 0 Å². The average Bonchev–Trinajstić information content (AvgIpc) is 1.67. The number of likely N-dealkylation sites (N-methyl/N-ethyl adjacent to an activating group) is 3. The molecule has 0 fully saturated rings. The predicted octanol–water partition coefficient (Wildman–Crippen LogP) is 23.4. The van der Waals surface area contributed by atoms with E-state index in [1.54, 1.807) is 154 Å². The van der Waals surface area contributed by atoms with E-state index in [0.29, 0.717) is 156 Å². The minimum absolute atomic E-state index is 0.0236. The molecule has 4 aromatic heterocycles. The standard InChI is InChI=1S/C27H23ClN6O4S.C26H21ClN6O4S.C26H22ClN5O4S.C26H22ClN5O3S/c1-3-23(36)30-21-13-16(9-10-20(21)31-32-25-19(14-29)24(28)22(15-35)39-25)33(4-2)11-12-34-26(37)17-7-5-6-8-18(17)27(34)38;1-3-32(10-11-33-25(36)17-6-4-5-7-18(17)26(33)37)16-8-9-20(21(12-16)29-15(2)35)30-31-24-19(13-28)23(27)22(14-34)38-24;1-16-13-17(7-8-21(16)29-30-24-20(14-28)23(27)22(15-33)37-24)31(11-12-36-2)9-10-32-25(34)18-5-3-4-6-19(18)26(32)35;1-4-31(16(3)13-32-25(34)18-7-5-6-8-19(18)26(32)35)17-9-10-21(15(2)11-17)29-30-24-20(12-28)23(27)22(14-33)36-24/h5-10,13,15H,3-4,11-12H2,1-2H3,(H,30,36);4-9,12,14H,3,10-11H2,1-2H3,(H,29,35);3-8,13,15H,9-12H2,1-2H3;5-11,14,16H,4,13H2,1-3H3. The molecule has 0 radical (unpaired) electrons. The molecule has 4 aliphatic rings. The lowest BCUT2D eigenvalue weighted by molar-refractivity contribution is -0.116. The van der Waals surface area contributed by atoms with Gasteiger partial charge >= 0.3 is 0 Å². The van der Waals surface area contributed by atoms with E-state index in [4.69, 9.17) is 51.1 Å². The number of nitriles is 4. The number of benzene rings is 8. The summed E-state index contributed by atoms with van der Waals surface area (Å²) in [6.45, 7) is 19.5. The van der Waals surface area contributed by atoms with Crippen molar-refractivity contribution in [1.29, 1.82) is 21.0 Å². The Labute approximate surface area is 895 Å². The van der Waals surface area contributed by atoms with Gasteiger partial charge in [-0.15, -0.1) is 86.3 Å². The summed E-state index contributed by atoms with van der Waals surface area (Å²) in [4.78, 5) is 185. The number of aryl methyl sites for hydroxylation is 2. The minimum Gasteiger partial charge on any atom is -0.383 e. The smallest absolute Gasteiger partial charge is 0.261 e. The van der Waals surface area contributed by atoms with Gasteiger partial charge in [-0.1, -0.05) is 102 Å². The van der Waals surface area contributed by atoms with Gasteiger partial charge in [-0.25, -0.2) is 0 Å². The summed E-state index contributed by atoms with van der Waals surface area (Å²) in [6.07, 6.45) is 2.51. The van der Waals surface area contributed by atoms with Crippen LogP contribution in [0.1, 0.15) is 203 Å². The largest absolute Gasteiger partial charge is 0.383 e. The second kappa shape index (κ2) is 50.7. The first-order valence-corrected chi connectivity index (χ1v) is 50.8. The molecule has 0 aliphatic carbocycles. The zero-order chi connectivity index (χ0) is 108. The normalized spacial score (nSPS) is 12.9. The second-order valence-corrected chi connectivity index (χ2v) is 38.6. The monoisotopic (exact) mass is 2160 g/mol. The molecule has 4 aliphatic heterocycles. The molecule has 12 aromatic rings. The molecule has 1 atom stereocenters. The highest BCUT2D eigenvalue weighted by Gasteiger charge is 2.41. The Bertz CT molecular complexity index is 7600. The van der Waals surface area contributed by atoms with E-state index in [0.717, 1.165) is 79.2 Å². The summed E-state index contributed by atoms with van der Waals surface area (Å²) in [5.74, 6) is -2.96. The number of carbonyl (C=O) groups is 14. The van der Waals surface area contributed by atoms with Gasteiger partial charge in [0, 0.05) is 121 Å². The van der Waals surface area contributed by atoms with Crippen LogP contribution in [0, 0.1) is 59.2 Å². The molecule has 45 heteroatoms. The number of fused-ring (bicyclic) bond motifs is 4. The number of hydrogen-bond acceptors (Lipinski definition) is 35. The molecule has 1 unspecified atom stereocenters. The van der Waals surface area contributed by atoms with Gasteiger partial charge < -0.3 is 35.0 Å². The molecule has 2 N–H and O–H groups in total. The van der Waals surface area contributed by atoms with E-state index in [1.807, 2.05) is 111 Å². The maximum Gasteiger partial charge on any atom is 0.261 e. The predicted molar refractivity (Wildman–Crippen MR) is 572 cm³/mol. The van der Waals surface area contributed by atoms with Crippen molar-refractivity contribution in [3.05, 3.63) is 287 Å². The van der Waals surface area contributed by atoms with Crippen molar-refractivity contribution in [2.45, 2.75) is 67.9 Å². The molecular weight excluding hydrogens is 2080 g/mol. The number of imide groups is 4. The number of rotatable bonds is 37. The van der Waals surface area contributed by atoms with Crippen molar-refractivity contribution in [2.75, 3.05) is 116 Å². The minimum atomic E-state index is -0.326. The Balaban J connectivity index is 0.000000167. The molecule has 760 valence electrons. The summed E-state index contributed by atoms with van der Waals surface area (Å²) < 4.78 is 5.26. The molecule has 0 bridgehead atoms. The number of amides is 10. The molecule has 0 saturated carbocycles. The summed E-state index contributed by atoms with van der Waals surface area (Å²) in [6, 6.07) is 56.4. The van der Waals surface area contributed by atoms with Crippen molar-refractivity contribution in [1.82, 2.24) is 19.6 Å². The van der Waals surface area contributed by atoms with Crippen LogP contribution in [0.2, 0.25) is 20.1 Å². The number of thiophene rings is 4. The van der Waals surface area contributed by atoms with Gasteiger partial charge in [0.1, 0.15) is 57.9 Å². The van der Waals surface area contributed by atoms with Gasteiger partial charge in [-0.05, 0) is 174 Å². The number of halogens is 4. The lowest BCUT2D eigenvalue weighted by Crippen LogP contribution is -2.44. The first-order chi connectivity index (χ1) is 72.3. The van der Waals surface area contributed by atoms with Crippen molar-refractivity contribution in [2.24, 2.45) is 40.9 Å². The first-order valence-electron chi connectivity index (χ1n) is 46.1. The number of nitrogens with zero attached hydrogens (tertiary/aromatic N) is 20. The lowest BCUT2D eigenvalue weighted by atomic mass is 10.1. The zero-order valence-electron chi connectivity index (χ0n) is 81.5. The van der Waals surface area contributed by atoms with Crippen molar-refractivity contribution in [3.8, 4) is 24.3 Å². The van der Waals surface area contributed by atoms with E-state index in [-0.39, 0.29) is 180 Å². The quantitative estimate of drug-likeness (QED) is 0.0207. The number of anilines is 6. The van der Waals surface area contributed by atoms with Crippen LogP contribution in [0.15, 0.2) is 211 Å². The number of hydrogen-bond donors (Lipinski definition) is 2. The van der Waals surface area contributed by atoms with Gasteiger partial charge in [-0.2, -0.15) is 21.0 Å². The summed E-state index contributed by atoms with van der Waals surface area (Å²) in [7, 11) is 1.61. The number of ether oxygens (including phenoxy) is 1. The van der Waals surface area contributed by atoms with Gasteiger partial charge in [0.15, 0.2) is 45.1 Å². The third-order valence-electron chi connectivity index (χ3n) is 23.9. The highest BCUT2D eigenvalue weighted by Crippen LogP contribution is 2.46. The van der Waals surface area contributed by atoms with Crippen LogP contribution < -0.4 is 30.2 Å². The van der Waals surface area contributed by atoms with E-state index < -0.39 is 0 Å². The Morgan fingerprint density at radius 1 is 0.387 bits per heavy atom. The fourth-order valence-electron chi connectivity index (χ4n) is 16.2. The Kier molecular flexibility index (Phi) is 37.4. The molecule has 37 nitrogen and oxygen atoms in total. The zero-order valence-corrected chi connectivity index (χ0v) is 87.7. The van der Waals surface area contributed by atoms with E-state index in [1.165, 1.54) is 26.5 Å². The summed E-state index contributed by atoms with van der Waals surface area (Å²) >= 11 is 28.1. The Morgan fingerprint density at radius 2 is 0.667 bits per heavy atom. The number of carbonyl (C=O) groups excluding carboxylic acids is 14. The summed E-state index contributed by atoms with van der Waals surface area (Å²) in [5.41, 5.74) is 11.2. The van der Waals surface area contributed by atoms with Crippen LogP contribution >= 0.6 is 91.8 Å². The average molecular weight is 2170 g/mol. The van der Waals surface area contributed by atoms with E-state index in [9.17, 15) is 88.2 Å². The number of aldehydes is 4. The van der Waals surface area contributed by atoms with E-state index >= 15 is 0 Å². The Hall–Kier alpha value is -16.6. The molecule has 8 heterocycles. The number of nitrogens with one attached hydrogen (secondary N) is 2.